The second-order valence-corrected chi connectivity index (χ2v) is 6.65. The van der Waals surface area contributed by atoms with Gasteiger partial charge in [0.15, 0.2) is 0 Å². The zero-order chi connectivity index (χ0) is 14.2. The van der Waals surface area contributed by atoms with E-state index < -0.39 is 16.0 Å². The molecule has 0 N–H and O–H groups in total. The number of fused-ring (bicyclic) bond motifs is 1. The van der Waals surface area contributed by atoms with Gasteiger partial charge in [-0.05, 0) is 31.9 Å². The minimum Gasteiger partial charge on any atom is -0.459 e. The van der Waals surface area contributed by atoms with E-state index in [0.29, 0.717) is 24.3 Å². The molecule has 1 aromatic heterocycles. The van der Waals surface area contributed by atoms with E-state index in [-0.39, 0.29) is 6.10 Å². The number of rotatable bonds is 3. The lowest BCUT2D eigenvalue weighted by Gasteiger charge is -2.15. The maximum Gasteiger partial charge on any atom is 0.339 e. The summed E-state index contributed by atoms with van der Waals surface area (Å²) in [6.45, 7) is 3.90. The summed E-state index contributed by atoms with van der Waals surface area (Å²) >= 11 is 0. The fraction of sp³-hybridized carbons (Fsp3) is 0.500. The number of nitrogens with zero attached hydrogens (tertiary/aromatic N) is 2. The average molecular weight is 284 g/mol. The van der Waals surface area contributed by atoms with Crippen LogP contribution in [0.15, 0.2) is 12.3 Å². The van der Waals surface area contributed by atoms with Gasteiger partial charge in [0.05, 0.1) is 17.9 Å². The van der Waals surface area contributed by atoms with E-state index in [2.05, 4.69) is 4.98 Å². The van der Waals surface area contributed by atoms with Crippen molar-refractivity contribution in [2.75, 3.05) is 17.1 Å². The van der Waals surface area contributed by atoms with Gasteiger partial charge in [-0.2, -0.15) is 0 Å². The average Bonchev–Trinajstić information content (AvgIpc) is 2.69. The summed E-state index contributed by atoms with van der Waals surface area (Å²) in [6, 6.07) is 1.65. The highest BCUT2D eigenvalue weighted by Crippen LogP contribution is 2.28. The lowest BCUT2D eigenvalue weighted by atomic mass is 10.2. The first-order chi connectivity index (χ1) is 8.79. The van der Waals surface area contributed by atoms with Gasteiger partial charge in [-0.3, -0.25) is 4.31 Å². The van der Waals surface area contributed by atoms with E-state index in [1.807, 2.05) is 0 Å². The van der Waals surface area contributed by atoms with Crippen molar-refractivity contribution in [2.24, 2.45) is 0 Å². The fourth-order valence-corrected chi connectivity index (χ4v) is 2.86. The summed E-state index contributed by atoms with van der Waals surface area (Å²) in [5.41, 5.74) is 1.10. The highest BCUT2D eigenvalue weighted by molar-refractivity contribution is 7.92. The third-order valence-electron chi connectivity index (χ3n) is 2.74. The third kappa shape index (κ3) is 2.86. The Bertz CT molecular complexity index is 610. The molecule has 0 saturated heterocycles. The van der Waals surface area contributed by atoms with Crippen LogP contribution in [0.25, 0.3) is 0 Å². The molecule has 7 heteroatoms. The van der Waals surface area contributed by atoms with Gasteiger partial charge in [-0.15, -0.1) is 0 Å². The molecule has 0 amide bonds. The Labute approximate surface area is 112 Å². The number of pyridine rings is 1. The van der Waals surface area contributed by atoms with E-state index in [0.717, 1.165) is 11.8 Å². The van der Waals surface area contributed by atoms with Crippen LogP contribution in [0.4, 0.5) is 5.82 Å². The quantitative estimate of drug-likeness (QED) is 0.773. The molecule has 0 aliphatic carbocycles. The molecule has 0 fully saturated rings. The number of ether oxygens (including phenoxy) is 1. The molecule has 0 bridgehead atoms. The molecule has 0 saturated carbocycles. The topological polar surface area (TPSA) is 76.6 Å². The number of hydrogen-bond donors (Lipinski definition) is 0. The van der Waals surface area contributed by atoms with E-state index in [4.69, 9.17) is 4.74 Å². The second-order valence-electron chi connectivity index (χ2n) is 4.75. The Morgan fingerprint density at radius 3 is 2.74 bits per heavy atom. The smallest absolute Gasteiger partial charge is 0.339 e. The van der Waals surface area contributed by atoms with Crippen molar-refractivity contribution in [3.63, 3.8) is 0 Å². The first kappa shape index (κ1) is 13.8. The normalized spacial score (nSPS) is 14.6. The summed E-state index contributed by atoms with van der Waals surface area (Å²) < 4.78 is 29.4. The SMILES string of the molecule is CC(C)OC(=O)c1cnc2c(c1)CCN2S(C)(=O)=O. The number of hydrogen-bond acceptors (Lipinski definition) is 5. The molecular formula is C12H16N2O4S. The molecule has 0 atom stereocenters. The molecule has 1 aliphatic heterocycles. The molecule has 104 valence electrons. The number of aromatic nitrogens is 1. The predicted octanol–water partition coefficient (Wildman–Crippen LogP) is 0.969. The molecule has 0 unspecified atom stereocenters. The predicted molar refractivity (Wildman–Crippen MR) is 70.7 cm³/mol. The minimum absolute atomic E-state index is 0.201. The van der Waals surface area contributed by atoms with Crippen molar-refractivity contribution in [2.45, 2.75) is 26.4 Å². The Hall–Kier alpha value is -1.63. The van der Waals surface area contributed by atoms with Crippen LogP contribution in [0, 0.1) is 0 Å². The Balaban J connectivity index is 2.30. The van der Waals surface area contributed by atoms with Crippen LogP contribution < -0.4 is 4.31 Å². The molecule has 1 aliphatic rings. The van der Waals surface area contributed by atoms with E-state index in [1.54, 1.807) is 19.9 Å². The maximum absolute atomic E-state index is 11.7. The molecular weight excluding hydrogens is 268 g/mol. The fourth-order valence-electron chi connectivity index (χ4n) is 1.96. The van der Waals surface area contributed by atoms with Crippen LogP contribution in [-0.2, 0) is 21.2 Å². The molecule has 1 aromatic rings. The third-order valence-corrected chi connectivity index (χ3v) is 3.90. The molecule has 0 aromatic carbocycles. The first-order valence-corrected chi connectivity index (χ1v) is 7.81. The lowest BCUT2D eigenvalue weighted by molar-refractivity contribution is 0.0377. The van der Waals surface area contributed by atoms with Gasteiger partial charge in [-0.1, -0.05) is 0 Å². The van der Waals surface area contributed by atoms with Crippen LogP contribution in [0.5, 0.6) is 0 Å². The van der Waals surface area contributed by atoms with Gasteiger partial charge in [0.25, 0.3) is 0 Å². The van der Waals surface area contributed by atoms with Crippen molar-refractivity contribution in [3.8, 4) is 0 Å². The second kappa shape index (κ2) is 4.80. The minimum atomic E-state index is -3.31. The lowest BCUT2D eigenvalue weighted by Crippen LogP contribution is -2.28. The van der Waals surface area contributed by atoms with Gasteiger partial charge in [0, 0.05) is 12.7 Å². The summed E-state index contributed by atoms with van der Waals surface area (Å²) in [7, 11) is -3.31. The summed E-state index contributed by atoms with van der Waals surface area (Å²) in [6.07, 6.45) is 2.85. The van der Waals surface area contributed by atoms with E-state index >= 15 is 0 Å². The van der Waals surface area contributed by atoms with Crippen molar-refractivity contribution in [1.29, 1.82) is 0 Å². The zero-order valence-electron chi connectivity index (χ0n) is 11.1. The number of carbonyl (C=O) groups is 1. The molecule has 0 spiro atoms. The molecule has 2 rings (SSSR count). The monoisotopic (exact) mass is 284 g/mol. The molecule has 19 heavy (non-hydrogen) atoms. The van der Waals surface area contributed by atoms with Crippen molar-refractivity contribution >= 4 is 21.8 Å². The van der Waals surface area contributed by atoms with Crippen LogP contribution in [0.3, 0.4) is 0 Å². The highest BCUT2D eigenvalue weighted by Gasteiger charge is 2.28. The standard InChI is InChI=1S/C12H16N2O4S/c1-8(2)18-12(15)10-6-9-4-5-14(19(3,16)17)11(9)13-7-10/h6-8H,4-5H2,1-3H3. The summed E-state index contributed by atoms with van der Waals surface area (Å²) in [5.74, 6) is -0.0355. The molecule has 2 heterocycles. The number of sulfonamides is 1. The Kier molecular flexibility index (Phi) is 3.49. The van der Waals surface area contributed by atoms with Crippen LogP contribution in [0.1, 0.15) is 29.8 Å². The number of anilines is 1. The van der Waals surface area contributed by atoms with Crippen LogP contribution >= 0.6 is 0 Å². The van der Waals surface area contributed by atoms with E-state index in [1.165, 1.54) is 10.5 Å². The van der Waals surface area contributed by atoms with Gasteiger partial charge in [0.1, 0.15) is 5.82 Å². The number of carbonyl (C=O) groups excluding carboxylic acids is 1. The molecule has 6 nitrogen and oxygen atoms in total. The maximum atomic E-state index is 11.7. The highest BCUT2D eigenvalue weighted by atomic mass is 32.2. The van der Waals surface area contributed by atoms with Gasteiger partial charge >= 0.3 is 5.97 Å². The van der Waals surface area contributed by atoms with Crippen LogP contribution in [-0.4, -0.2) is 38.3 Å². The number of esters is 1. The van der Waals surface area contributed by atoms with Gasteiger partial charge in [-0.25, -0.2) is 18.2 Å². The zero-order valence-corrected chi connectivity index (χ0v) is 11.9. The van der Waals surface area contributed by atoms with E-state index in [9.17, 15) is 13.2 Å². The molecule has 0 radical (unpaired) electrons. The van der Waals surface area contributed by atoms with Crippen molar-refractivity contribution in [1.82, 2.24) is 4.98 Å². The van der Waals surface area contributed by atoms with Crippen LogP contribution in [0.2, 0.25) is 0 Å². The van der Waals surface area contributed by atoms with Crippen molar-refractivity contribution < 1.29 is 17.9 Å². The Morgan fingerprint density at radius 2 is 2.16 bits per heavy atom. The Morgan fingerprint density at radius 1 is 1.47 bits per heavy atom. The largest absolute Gasteiger partial charge is 0.459 e. The van der Waals surface area contributed by atoms with Gasteiger partial charge in [0.2, 0.25) is 10.0 Å². The van der Waals surface area contributed by atoms with Crippen molar-refractivity contribution in [3.05, 3.63) is 23.4 Å². The first-order valence-electron chi connectivity index (χ1n) is 5.96. The summed E-state index contributed by atoms with van der Waals surface area (Å²) in [5, 5.41) is 0. The summed E-state index contributed by atoms with van der Waals surface area (Å²) in [4.78, 5) is 15.8. The van der Waals surface area contributed by atoms with Gasteiger partial charge < -0.3 is 4.74 Å².